The normalized spacial score (nSPS) is 23.4. The molecule has 0 radical (unpaired) electrons. The van der Waals surface area contributed by atoms with Crippen molar-refractivity contribution in [3.8, 4) is 0 Å². The second kappa shape index (κ2) is 8.61. The second-order valence-electron chi connectivity index (χ2n) is 7.62. The van der Waals surface area contributed by atoms with Gasteiger partial charge in [0.2, 0.25) is 5.78 Å². The lowest BCUT2D eigenvalue weighted by Gasteiger charge is -2.50. The number of Topliss-reactive ketones (excluding diaryl/α,β-unsaturated/α-hetero) is 1. The van der Waals surface area contributed by atoms with Gasteiger partial charge in [-0.2, -0.15) is 0 Å². The van der Waals surface area contributed by atoms with Crippen LogP contribution in [0.25, 0.3) is 10.8 Å². The van der Waals surface area contributed by atoms with Crippen molar-refractivity contribution in [3.63, 3.8) is 0 Å². The standard InChI is InChI=1S/C18H21N2O.C3H7NS2/c21-18(14-20-11-8-19(9-12-20)10-13-20)17-7-3-5-15-4-1-2-6-16(15)17;1-4(2)3(5)6/h1-7H,8-14H2;1-2H3,(H,5,6)/q+1;/p-1. The SMILES string of the molecule is CN(C)C(=S)[S-].O=C(C[N+]12CCN(CC1)CC2)c1cccc2ccccc12. The number of carbonyl (C=O) groups is 1. The van der Waals surface area contributed by atoms with E-state index in [1.165, 1.54) is 0 Å². The van der Waals surface area contributed by atoms with Gasteiger partial charge in [0.1, 0.15) is 6.54 Å². The lowest BCUT2D eigenvalue weighted by molar-refractivity contribution is -0.933. The highest BCUT2D eigenvalue weighted by Gasteiger charge is 2.40. The van der Waals surface area contributed by atoms with Crippen LogP contribution in [0.4, 0.5) is 0 Å². The Labute approximate surface area is 172 Å². The molecule has 3 heterocycles. The molecule has 6 heteroatoms. The van der Waals surface area contributed by atoms with Gasteiger partial charge in [0.15, 0.2) is 0 Å². The molecular formula is C21H27N3OS2. The number of piperazine rings is 3. The van der Waals surface area contributed by atoms with E-state index >= 15 is 0 Å². The predicted molar refractivity (Wildman–Crippen MR) is 118 cm³/mol. The lowest BCUT2D eigenvalue weighted by atomic mass is 9.99. The molecule has 0 unspecified atom stereocenters. The first-order valence-corrected chi connectivity index (χ1v) is 10.2. The van der Waals surface area contributed by atoms with Gasteiger partial charge < -0.3 is 34.2 Å². The molecule has 2 aromatic rings. The van der Waals surface area contributed by atoms with Gasteiger partial charge in [-0.25, -0.2) is 0 Å². The van der Waals surface area contributed by atoms with Crippen LogP contribution in [0.2, 0.25) is 0 Å². The van der Waals surface area contributed by atoms with E-state index in [-0.39, 0.29) is 0 Å². The highest BCUT2D eigenvalue weighted by molar-refractivity contribution is 8.00. The van der Waals surface area contributed by atoms with Gasteiger partial charge in [0, 0.05) is 39.3 Å². The van der Waals surface area contributed by atoms with Crippen molar-refractivity contribution in [2.75, 3.05) is 59.9 Å². The first kappa shape index (κ1) is 20.1. The van der Waals surface area contributed by atoms with Gasteiger partial charge in [-0.05, 0) is 10.8 Å². The number of fused-ring (bicyclic) bond motifs is 4. The maximum atomic E-state index is 12.9. The van der Waals surface area contributed by atoms with E-state index in [2.05, 4.69) is 47.9 Å². The number of carbonyl (C=O) groups excluding carboxylic acids is 1. The van der Waals surface area contributed by atoms with E-state index < -0.39 is 0 Å². The molecule has 0 saturated carbocycles. The quantitative estimate of drug-likeness (QED) is 0.340. The van der Waals surface area contributed by atoms with Crippen molar-refractivity contribution >= 4 is 45.7 Å². The zero-order chi connectivity index (χ0) is 19.4. The van der Waals surface area contributed by atoms with Crippen molar-refractivity contribution in [2.45, 2.75) is 0 Å². The number of quaternary nitrogens is 1. The predicted octanol–water partition coefficient (Wildman–Crippen LogP) is 2.55. The van der Waals surface area contributed by atoms with E-state index in [0.29, 0.717) is 16.6 Å². The maximum Gasteiger partial charge on any atom is 0.217 e. The average molecular weight is 402 g/mol. The van der Waals surface area contributed by atoms with Crippen LogP contribution in [0.5, 0.6) is 0 Å². The summed E-state index contributed by atoms with van der Waals surface area (Å²) in [6, 6.07) is 14.3. The Morgan fingerprint density at radius 1 is 1.07 bits per heavy atom. The molecule has 3 aliphatic rings. The summed E-state index contributed by atoms with van der Waals surface area (Å²) in [5.41, 5.74) is 0.897. The molecule has 27 heavy (non-hydrogen) atoms. The van der Waals surface area contributed by atoms with Crippen molar-refractivity contribution in [3.05, 3.63) is 48.0 Å². The molecule has 3 aliphatic heterocycles. The fourth-order valence-corrected chi connectivity index (χ4v) is 3.83. The third-order valence-corrected chi connectivity index (χ3v) is 6.34. The summed E-state index contributed by atoms with van der Waals surface area (Å²) in [6.45, 7) is 7.54. The van der Waals surface area contributed by atoms with E-state index in [4.69, 9.17) is 0 Å². The van der Waals surface area contributed by atoms with E-state index in [1.54, 1.807) is 4.90 Å². The molecular weight excluding hydrogens is 374 g/mol. The van der Waals surface area contributed by atoms with Crippen molar-refractivity contribution in [1.29, 1.82) is 0 Å². The van der Waals surface area contributed by atoms with E-state index in [1.807, 2.05) is 38.4 Å². The molecule has 0 spiro atoms. The first-order valence-electron chi connectivity index (χ1n) is 9.37. The summed E-state index contributed by atoms with van der Waals surface area (Å²) >= 11 is 9.12. The Balaban J connectivity index is 0.000000307. The first-order chi connectivity index (χ1) is 12.9. The van der Waals surface area contributed by atoms with Gasteiger partial charge in [0.25, 0.3) is 0 Å². The molecule has 2 bridgehead atoms. The molecule has 144 valence electrons. The Bertz CT molecular complexity index is 810. The van der Waals surface area contributed by atoms with Gasteiger partial charge in [-0.3, -0.25) is 9.69 Å². The number of thiocarbonyl (C=S) groups is 1. The van der Waals surface area contributed by atoms with Crippen molar-refractivity contribution in [1.82, 2.24) is 9.80 Å². The number of benzene rings is 2. The number of nitrogens with zero attached hydrogens (tertiary/aromatic N) is 3. The maximum absolute atomic E-state index is 12.9. The lowest BCUT2D eigenvalue weighted by Crippen LogP contribution is -2.68. The van der Waals surface area contributed by atoms with Crippen LogP contribution in [0, 0.1) is 0 Å². The average Bonchev–Trinajstić information content (AvgIpc) is 2.69. The molecule has 0 aromatic heterocycles. The number of rotatable bonds is 3. The Kier molecular flexibility index (Phi) is 6.42. The summed E-state index contributed by atoms with van der Waals surface area (Å²) in [5.74, 6) is 0.308. The number of hydrogen-bond donors (Lipinski definition) is 0. The van der Waals surface area contributed by atoms with E-state index in [0.717, 1.165) is 60.1 Å². The fraction of sp³-hybridized carbons (Fsp3) is 0.429. The van der Waals surface area contributed by atoms with Gasteiger partial charge in [-0.1, -0.05) is 46.8 Å². The van der Waals surface area contributed by atoms with Gasteiger partial charge in [-0.15, -0.1) is 0 Å². The topological polar surface area (TPSA) is 23.6 Å². The van der Waals surface area contributed by atoms with E-state index in [9.17, 15) is 4.79 Å². The van der Waals surface area contributed by atoms with Gasteiger partial charge >= 0.3 is 0 Å². The summed E-state index contributed by atoms with van der Waals surface area (Å²) in [6.07, 6.45) is 0. The summed E-state index contributed by atoms with van der Waals surface area (Å²) in [7, 11) is 3.66. The van der Waals surface area contributed by atoms with Crippen LogP contribution >= 0.6 is 12.2 Å². The molecule has 0 atom stereocenters. The minimum absolute atomic E-state index is 0.308. The summed E-state index contributed by atoms with van der Waals surface area (Å²) in [5, 5.41) is 2.26. The third kappa shape index (κ3) is 4.82. The number of hydrogen-bond acceptors (Lipinski definition) is 4. The Morgan fingerprint density at radius 3 is 2.22 bits per heavy atom. The van der Waals surface area contributed by atoms with Crippen molar-refractivity contribution < 1.29 is 9.28 Å². The smallest absolute Gasteiger partial charge is 0.217 e. The van der Waals surface area contributed by atoms with Gasteiger partial charge in [0.05, 0.1) is 19.6 Å². The summed E-state index contributed by atoms with van der Waals surface area (Å²) in [4.78, 5) is 17.1. The van der Waals surface area contributed by atoms with Crippen LogP contribution in [0.3, 0.4) is 0 Å². The largest absolute Gasteiger partial charge is 0.411 e. The molecule has 4 nitrogen and oxygen atoms in total. The Morgan fingerprint density at radius 2 is 1.63 bits per heavy atom. The van der Waals surface area contributed by atoms with Crippen LogP contribution in [0.15, 0.2) is 42.5 Å². The minimum Gasteiger partial charge on any atom is -0.411 e. The third-order valence-electron chi connectivity index (χ3n) is 5.61. The zero-order valence-corrected chi connectivity index (χ0v) is 17.7. The Hall–Kier alpha value is -1.60. The monoisotopic (exact) mass is 401 g/mol. The molecule has 5 rings (SSSR count). The minimum atomic E-state index is 0.308. The highest BCUT2D eigenvalue weighted by atomic mass is 32.1. The summed E-state index contributed by atoms with van der Waals surface area (Å²) < 4.78 is 1.51. The second-order valence-corrected chi connectivity index (χ2v) is 8.65. The fourth-order valence-electron chi connectivity index (χ4n) is 3.83. The molecule has 0 amide bonds. The highest BCUT2D eigenvalue weighted by Crippen LogP contribution is 2.23. The van der Waals surface area contributed by atoms with Crippen LogP contribution in [-0.2, 0) is 12.6 Å². The molecule has 0 aliphatic carbocycles. The molecule has 2 aromatic carbocycles. The molecule has 0 N–H and O–H groups in total. The molecule has 3 saturated heterocycles. The molecule has 3 fully saturated rings. The number of ketones is 1. The van der Waals surface area contributed by atoms with Crippen LogP contribution in [0.1, 0.15) is 10.4 Å². The zero-order valence-electron chi connectivity index (χ0n) is 16.1. The van der Waals surface area contributed by atoms with Crippen molar-refractivity contribution in [2.24, 2.45) is 0 Å². The van der Waals surface area contributed by atoms with Crippen LogP contribution < -0.4 is 0 Å². The van der Waals surface area contributed by atoms with Crippen LogP contribution in [-0.4, -0.2) is 84.3 Å².